The van der Waals surface area contributed by atoms with Gasteiger partial charge in [-0.2, -0.15) is 0 Å². The highest BCUT2D eigenvalue weighted by Gasteiger charge is 2.16. The third-order valence-corrected chi connectivity index (χ3v) is 3.14. The molecule has 0 heterocycles. The smallest absolute Gasteiger partial charge is 0.242 e. The van der Waals surface area contributed by atoms with E-state index in [0.717, 1.165) is 12.3 Å². The van der Waals surface area contributed by atoms with E-state index >= 15 is 0 Å². The van der Waals surface area contributed by atoms with Gasteiger partial charge in [-0.15, -0.1) is 0 Å². The Balaban J connectivity index is 2.78. The summed E-state index contributed by atoms with van der Waals surface area (Å²) in [6.07, 6.45) is 0. The summed E-state index contributed by atoms with van der Waals surface area (Å²) >= 11 is 0. The molecule has 1 aromatic carbocycles. The maximum absolute atomic E-state index is 5.98. The zero-order valence-corrected chi connectivity index (χ0v) is 12.0. The van der Waals surface area contributed by atoms with Crippen LogP contribution in [0.5, 0.6) is 5.75 Å². The van der Waals surface area contributed by atoms with E-state index in [0.29, 0.717) is 6.04 Å². The zero-order valence-electron chi connectivity index (χ0n) is 11.0. The first kappa shape index (κ1) is 13.3. The third kappa shape index (κ3) is 4.37. The van der Waals surface area contributed by atoms with Gasteiger partial charge in [0, 0.05) is 6.04 Å². The van der Waals surface area contributed by atoms with Gasteiger partial charge in [-0.25, -0.2) is 0 Å². The fourth-order valence-electron chi connectivity index (χ4n) is 1.62. The molecule has 3 heteroatoms. The van der Waals surface area contributed by atoms with E-state index < -0.39 is 8.32 Å². The van der Waals surface area contributed by atoms with E-state index in [1.54, 1.807) is 0 Å². The SMILES string of the molecule is CCNC(C)c1cccc(O[Si](C)(C)C)c1. The van der Waals surface area contributed by atoms with Crippen LogP contribution < -0.4 is 9.74 Å². The highest BCUT2D eigenvalue weighted by atomic mass is 28.4. The molecule has 0 fully saturated rings. The quantitative estimate of drug-likeness (QED) is 0.791. The molecule has 1 unspecified atom stereocenters. The molecule has 2 nitrogen and oxygen atoms in total. The van der Waals surface area contributed by atoms with Crippen LogP contribution in [0.15, 0.2) is 24.3 Å². The van der Waals surface area contributed by atoms with Crippen LogP contribution in [0, 0.1) is 0 Å². The van der Waals surface area contributed by atoms with Crippen molar-refractivity contribution in [3.8, 4) is 5.75 Å². The molecule has 1 N–H and O–H groups in total. The lowest BCUT2D eigenvalue weighted by molar-refractivity contribution is 0.550. The van der Waals surface area contributed by atoms with E-state index in [9.17, 15) is 0 Å². The van der Waals surface area contributed by atoms with Crippen molar-refractivity contribution in [3.63, 3.8) is 0 Å². The molecule has 0 aliphatic heterocycles. The van der Waals surface area contributed by atoms with Crippen molar-refractivity contribution in [3.05, 3.63) is 29.8 Å². The predicted molar refractivity (Wildman–Crippen MR) is 72.5 cm³/mol. The van der Waals surface area contributed by atoms with Crippen molar-refractivity contribution in [2.45, 2.75) is 39.5 Å². The summed E-state index contributed by atoms with van der Waals surface area (Å²) in [6.45, 7) is 11.9. The Morgan fingerprint density at radius 2 is 2.00 bits per heavy atom. The molecule has 1 rings (SSSR count). The summed E-state index contributed by atoms with van der Waals surface area (Å²) < 4.78 is 5.98. The molecule has 16 heavy (non-hydrogen) atoms. The number of hydrogen-bond acceptors (Lipinski definition) is 2. The van der Waals surface area contributed by atoms with Gasteiger partial charge in [-0.3, -0.25) is 0 Å². The summed E-state index contributed by atoms with van der Waals surface area (Å²) in [5.74, 6) is 1.00. The first-order chi connectivity index (χ1) is 7.42. The summed E-state index contributed by atoms with van der Waals surface area (Å²) in [4.78, 5) is 0. The average molecular weight is 237 g/mol. The molecule has 0 aromatic heterocycles. The van der Waals surface area contributed by atoms with E-state index in [-0.39, 0.29) is 0 Å². The van der Waals surface area contributed by atoms with Gasteiger partial charge >= 0.3 is 0 Å². The Kier molecular flexibility index (Phi) is 4.56. The van der Waals surface area contributed by atoms with Gasteiger partial charge in [0.2, 0.25) is 8.32 Å². The van der Waals surface area contributed by atoms with Crippen molar-refractivity contribution in [2.24, 2.45) is 0 Å². The Morgan fingerprint density at radius 3 is 2.56 bits per heavy atom. The minimum Gasteiger partial charge on any atom is -0.544 e. The number of benzene rings is 1. The van der Waals surface area contributed by atoms with Gasteiger partial charge in [0.25, 0.3) is 0 Å². The summed E-state index contributed by atoms with van der Waals surface area (Å²) in [5, 5.41) is 3.41. The van der Waals surface area contributed by atoms with Crippen molar-refractivity contribution in [1.29, 1.82) is 0 Å². The van der Waals surface area contributed by atoms with Gasteiger partial charge in [-0.05, 0) is 50.8 Å². The van der Waals surface area contributed by atoms with Crippen LogP contribution in [0.1, 0.15) is 25.5 Å². The molecule has 0 saturated heterocycles. The lowest BCUT2D eigenvalue weighted by Gasteiger charge is -2.21. The minimum atomic E-state index is -1.49. The third-order valence-electron chi connectivity index (χ3n) is 2.29. The Hall–Kier alpha value is -0.803. The van der Waals surface area contributed by atoms with E-state index in [1.807, 2.05) is 6.07 Å². The molecule has 0 bridgehead atoms. The van der Waals surface area contributed by atoms with Gasteiger partial charge in [0.15, 0.2) is 0 Å². The Bertz CT molecular complexity index is 333. The van der Waals surface area contributed by atoms with Gasteiger partial charge in [0.1, 0.15) is 5.75 Å². The van der Waals surface area contributed by atoms with Gasteiger partial charge in [-0.1, -0.05) is 19.1 Å². The predicted octanol–water partition coefficient (Wildman–Crippen LogP) is 3.57. The van der Waals surface area contributed by atoms with Gasteiger partial charge < -0.3 is 9.74 Å². The van der Waals surface area contributed by atoms with Crippen molar-refractivity contribution >= 4 is 8.32 Å². The summed E-state index contributed by atoms with van der Waals surface area (Å²) in [7, 11) is -1.49. The molecule has 0 radical (unpaired) electrons. The monoisotopic (exact) mass is 237 g/mol. The Labute approximate surface area is 100 Å². The van der Waals surface area contributed by atoms with Crippen LogP contribution in [0.25, 0.3) is 0 Å². The summed E-state index contributed by atoms with van der Waals surface area (Å²) in [5.41, 5.74) is 1.29. The number of rotatable bonds is 5. The molecule has 0 aliphatic carbocycles. The van der Waals surface area contributed by atoms with E-state index in [2.05, 4.69) is 57.0 Å². The van der Waals surface area contributed by atoms with Gasteiger partial charge in [0.05, 0.1) is 0 Å². The highest BCUT2D eigenvalue weighted by molar-refractivity contribution is 6.70. The summed E-state index contributed by atoms with van der Waals surface area (Å²) in [6, 6.07) is 8.78. The molecule has 1 atom stereocenters. The van der Waals surface area contributed by atoms with Crippen LogP contribution in [0.2, 0.25) is 19.6 Å². The number of nitrogens with one attached hydrogen (secondary N) is 1. The number of hydrogen-bond donors (Lipinski definition) is 1. The van der Waals surface area contributed by atoms with Crippen LogP contribution in [0.3, 0.4) is 0 Å². The van der Waals surface area contributed by atoms with Crippen molar-refractivity contribution in [1.82, 2.24) is 5.32 Å². The molecule has 0 saturated carbocycles. The Morgan fingerprint density at radius 1 is 1.31 bits per heavy atom. The molecular formula is C13H23NOSi. The average Bonchev–Trinajstić information content (AvgIpc) is 2.16. The van der Waals surface area contributed by atoms with Crippen molar-refractivity contribution in [2.75, 3.05) is 6.54 Å². The van der Waals surface area contributed by atoms with Crippen LogP contribution in [-0.2, 0) is 0 Å². The van der Waals surface area contributed by atoms with Crippen LogP contribution >= 0.6 is 0 Å². The van der Waals surface area contributed by atoms with Crippen LogP contribution in [0.4, 0.5) is 0 Å². The largest absolute Gasteiger partial charge is 0.544 e. The molecule has 0 amide bonds. The lowest BCUT2D eigenvalue weighted by Crippen LogP contribution is -2.29. The topological polar surface area (TPSA) is 21.3 Å². The molecular weight excluding hydrogens is 214 g/mol. The lowest BCUT2D eigenvalue weighted by atomic mass is 10.1. The molecule has 90 valence electrons. The van der Waals surface area contributed by atoms with Crippen LogP contribution in [-0.4, -0.2) is 14.9 Å². The molecule has 0 spiro atoms. The fraction of sp³-hybridized carbons (Fsp3) is 0.538. The van der Waals surface area contributed by atoms with E-state index in [1.165, 1.54) is 5.56 Å². The van der Waals surface area contributed by atoms with E-state index in [4.69, 9.17) is 4.43 Å². The molecule has 1 aromatic rings. The van der Waals surface area contributed by atoms with Crippen molar-refractivity contribution < 1.29 is 4.43 Å². The maximum atomic E-state index is 5.98. The highest BCUT2D eigenvalue weighted by Crippen LogP contribution is 2.21. The second kappa shape index (κ2) is 5.50. The second-order valence-corrected chi connectivity index (χ2v) is 9.50. The maximum Gasteiger partial charge on any atom is 0.242 e. The fourth-order valence-corrected chi connectivity index (χ4v) is 2.46. The normalized spacial score (nSPS) is 13.6. The zero-order chi connectivity index (χ0) is 12.2. The minimum absolute atomic E-state index is 0.384. The first-order valence-corrected chi connectivity index (χ1v) is 9.35. The molecule has 0 aliphatic rings. The first-order valence-electron chi connectivity index (χ1n) is 5.94. The standard InChI is InChI=1S/C13H23NOSi/c1-6-14-11(2)12-8-7-9-13(10-12)15-16(3,4)5/h7-11,14H,6H2,1-5H3. The second-order valence-electron chi connectivity index (χ2n) is 5.07.